The Hall–Kier alpha value is -2.17. The van der Waals surface area contributed by atoms with Gasteiger partial charge in [0.15, 0.2) is 0 Å². The van der Waals surface area contributed by atoms with Crippen LogP contribution in [0.4, 0.5) is 0 Å². The van der Waals surface area contributed by atoms with Crippen molar-refractivity contribution in [1.29, 1.82) is 0 Å². The van der Waals surface area contributed by atoms with Crippen LogP contribution in [0.2, 0.25) is 0 Å². The maximum absolute atomic E-state index is 12.4. The molecule has 5 nitrogen and oxygen atoms in total. The van der Waals surface area contributed by atoms with Crippen LogP contribution in [-0.2, 0) is 15.0 Å². The molecule has 2 aliphatic rings. The quantitative estimate of drug-likeness (QED) is 0.849. The molecule has 5 heteroatoms. The number of carbonyl (C=O) groups excluding carboxylic acids is 3. The molecule has 1 heterocycles. The number of nitrogens with one attached hydrogen (secondary N) is 1. The van der Waals surface area contributed by atoms with E-state index in [-0.39, 0.29) is 29.1 Å². The molecule has 24 heavy (non-hydrogen) atoms. The fourth-order valence-corrected chi connectivity index (χ4v) is 3.56. The van der Waals surface area contributed by atoms with E-state index >= 15 is 0 Å². The van der Waals surface area contributed by atoms with Crippen molar-refractivity contribution in [3.63, 3.8) is 0 Å². The van der Waals surface area contributed by atoms with Crippen LogP contribution in [0.5, 0.6) is 0 Å². The smallest absolute Gasteiger partial charge is 0.270 e. The Kier molecular flexibility index (Phi) is 4.20. The fraction of sp³-hybridized carbons (Fsp3) is 0.526. The van der Waals surface area contributed by atoms with Gasteiger partial charge in [0.25, 0.3) is 17.7 Å². The van der Waals surface area contributed by atoms with Gasteiger partial charge >= 0.3 is 0 Å². The van der Waals surface area contributed by atoms with E-state index in [1.54, 1.807) is 12.1 Å². The molecule has 1 aromatic rings. The van der Waals surface area contributed by atoms with E-state index in [9.17, 15) is 14.4 Å². The van der Waals surface area contributed by atoms with E-state index in [1.165, 1.54) is 0 Å². The zero-order valence-corrected chi connectivity index (χ0v) is 14.5. The molecule has 3 amide bonds. The van der Waals surface area contributed by atoms with Crippen molar-refractivity contribution in [2.24, 2.45) is 11.8 Å². The van der Waals surface area contributed by atoms with E-state index in [2.05, 4.69) is 26.2 Å². The van der Waals surface area contributed by atoms with Crippen molar-refractivity contribution in [3.05, 3.63) is 35.4 Å². The molecule has 0 aromatic heterocycles. The van der Waals surface area contributed by atoms with Crippen LogP contribution in [0, 0.1) is 11.8 Å². The molecular formula is C19H24N2O3. The first-order valence-electron chi connectivity index (χ1n) is 8.58. The Morgan fingerprint density at radius 2 is 1.50 bits per heavy atom. The van der Waals surface area contributed by atoms with Crippen LogP contribution in [0.15, 0.2) is 24.3 Å². The number of fused-ring (bicyclic) bond motifs is 1. The highest BCUT2D eigenvalue weighted by molar-refractivity contribution is 6.07. The number of benzene rings is 1. The van der Waals surface area contributed by atoms with Gasteiger partial charge < -0.3 is 0 Å². The highest BCUT2D eigenvalue weighted by Gasteiger charge is 2.49. The van der Waals surface area contributed by atoms with E-state index in [0.717, 1.165) is 36.3 Å². The van der Waals surface area contributed by atoms with Crippen molar-refractivity contribution in [1.82, 2.24) is 10.4 Å². The van der Waals surface area contributed by atoms with Gasteiger partial charge in [-0.1, -0.05) is 45.7 Å². The lowest BCUT2D eigenvalue weighted by atomic mass is 9.81. The molecule has 1 saturated carbocycles. The predicted molar refractivity (Wildman–Crippen MR) is 89.9 cm³/mol. The minimum absolute atomic E-state index is 0.00554. The number of amides is 3. The van der Waals surface area contributed by atoms with Gasteiger partial charge in [0, 0.05) is 5.56 Å². The summed E-state index contributed by atoms with van der Waals surface area (Å²) >= 11 is 0. The molecule has 2 atom stereocenters. The number of hydrazine groups is 1. The average Bonchev–Trinajstić information content (AvgIpc) is 2.79. The summed E-state index contributed by atoms with van der Waals surface area (Å²) in [4.78, 5) is 37.2. The third kappa shape index (κ3) is 2.95. The molecule has 0 bridgehead atoms. The molecule has 1 saturated heterocycles. The molecule has 0 unspecified atom stereocenters. The Labute approximate surface area is 142 Å². The lowest BCUT2D eigenvalue weighted by molar-refractivity contribution is -0.142. The Morgan fingerprint density at radius 3 is 1.96 bits per heavy atom. The standard InChI is InChI=1S/C19H24N2O3/c1-19(2,3)13-10-8-12(9-11-13)16(22)20-21-17(23)14-6-4-5-7-15(14)18(21)24/h8-11,14-15H,4-7H2,1-3H3,(H,20,22)/t14-,15-/m1/s1. The summed E-state index contributed by atoms with van der Waals surface area (Å²) in [6.07, 6.45) is 3.41. The van der Waals surface area contributed by atoms with Crippen LogP contribution in [0.25, 0.3) is 0 Å². The maximum Gasteiger partial charge on any atom is 0.270 e. The topological polar surface area (TPSA) is 66.5 Å². The van der Waals surface area contributed by atoms with Gasteiger partial charge in [-0.15, -0.1) is 0 Å². The van der Waals surface area contributed by atoms with Crippen LogP contribution in [0.3, 0.4) is 0 Å². The van der Waals surface area contributed by atoms with E-state index in [1.807, 2.05) is 12.1 Å². The van der Waals surface area contributed by atoms with E-state index < -0.39 is 5.91 Å². The summed E-state index contributed by atoms with van der Waals surface area (Å²) in [6, 6.07) is 7.27. The van der Waals surface area contributed by atoms with Crippen molar-refractivity contribution in [2.75, 3.05) is 0 Å². The number of nitrogens with zero attached hydrogens (tertiary/aromatic N) is 1. The van der Waals surface area contributed by atoms with E-state index in [4.69, 9.17) is 0 Å². The third-order valence-corrected chi connectivity index (χ3v) is 5.07. The summed E-state index contributed by atoms with van der Waals surface area (Å²) in [7, 11) is 0. The van der Waals surface area contributed by atoms with Gasteiger partial charge in [-0.2, -0.15) is 5.01 Å². The molecule has 0 spiro atoms. The number of imide groups is 1. The first-order chi connectivity index (χ1) is 11.3. The molecule has 128 valence electrons. The minimum atomic E-state index is -0.421. The van der Waals surface area contributed by atoms with Gasteiger partial charge in [0.05, 0.1) is 11.8 Å². The van der Waals surface area contributed by atoms with Crippen molar-refractivity contribution in [2.45, 2.75) is 51.9 Å². The number of carbonyl (C=O) groups is 3. The van der Waals surface area contributed by atoms with Gasteiger partial charge in [-0.05, 0) is 36.0 Å². The van der Waals surface area contributed by atoms with Gasteiger partial charge in [-0.25, -0.2) is 0 Å². The molecule has 1 aliphatic carbocycles. The monoisotopic (exact) mass is 328 g/mol. The Morgan fingerprint density at radius 1 is 1.00 bits per heavy atom. The summed E-state index contributed by atoms with van der Waals surface area (Å²) < 4.78 is 0. The van der Waals surface area contributed by atoms with Gasteiger partial charge in [0.1, 0.15) is 0 Å². The largest absolute Gasteiger partial charge is 0.272 e. The molecule has 2 fully saturated rings. The van der Waals surface area contributed by atoms with Crippen molar-refractivity contribution in [3.8, 4) is 0 Å². The summed E-state index contributed by atoms with van der Waals surface area (Å²) in [5.74, 6) is -1.45. The van der Waals surface area contributed by atoms with Crippen LogP contribution in [-0.4, -0.2) is 22.7 Å². The molecular weight excluding hydrogens is 304 g/mol. The van der Waals surface area contributed by atoms with Crippen molar-refractivity contribution < 1.29 is 14.4 Å². The van der Waals surface area contributed by atoms with E-state index in [0.29, 0.717) is 5.56 Å². The molecule has 1 aliphatic heterocycles. The fourth-order valence-electron chi connectivity index (χ4n) is 3.56. The second kappa shape index (κ2) is 6.04. The van der Waals surface area contributed by atoms with Gasteiger partial charge in [-0.3, -0.25) is 19.8 Å². The normalized spacial score (nSPS) is 24.0. The third-order valence-electron chi connectivity index (χ3n) is 5.07. The number of hydrogen-bond donors (Lipinski definition) is 1. The lowest BCUT2D eigenvalue weighted by Crippen LogP contribution is -2.46. The summed E-state index contributed by atoms with van der Waals surface area (Å²) in [5.41, 5.74) is 4.08. The molecule has 3 rings (SSSR count). The molecule has 1 aromatic carbocycles. The minimum Gasteiger partial charge on any atom is -0.272 e. The molecule has 1 N–H and O–H groups in total. The summed E-state index contributed by atoms with van der Waals surface area (Å²) in [6.45, 7) is 6.31. The number of rotatable bonds is 2. The zero-order chi connectivity index (χ0) is 17.5. The van der Waals surface area contributed by atoms with Crippen molar-refractivity contribution >= 4 is 17.7 Å². The zero-order valence-electron chi connectivity index (χ0n) is 14.5. The van der Waals surface area contributed by atoms with Gasteiger partial charge in [0.2, 0.25) is 0 Å². The average molecular weight is 328 g/mol. The molecule has 0 radical (unpaired) electrons. The first-order valence-corrected chi connectivity index (χ1v) is 8.58. The Bertz CT molecular complexity index is 649. The van der Waals surface area contributed by atoms with Crippen LogP contribution >= 0.6 is 0 Å². The first kappa shape index (κ1) is 16.7. The predicted octanol–water partition coefficient (Wildman–Crippen LogP) is 2.80. The van der Waals surface area contributed by atoms with Crippen LogP contribution < -0.4 is 5.43 Å². The number of hydrogen-bond acceptors (Lipinski definition) is 3. The second-order valence-corrected chi connectivity index (χ2v) is 7.78. The highest BCUT2D eigenvalue weighted by atomic mass is 16.2. The lowest BCUT2D eigenvalue weighted by Gasteiger charge is -2.19. The van der Waals surface area contributed by atoms with Crippen LogP contribution in [0.1, 0.15) is 62.4 Å². The highest BCUT2D eigenvalue weighted by Crippen LogP contribution is 2.37. The SMILES string of the molecule is CC(C)(C)c1ccc(C(=O)NN2C(=O)[C@@H]3CCCC[C@H]3C2=O)cc1. The second-order valence-electron chi connectivity index (χ2n) is 7.78. The summed E-state index contributed by atoms with van der Waals surface area (Å²) in [5, 5.41) is 0.945. The maximum atomic E-state index is 12.4. The Balaban J connectivity index is 1.73.